The van der Waals surface area contributed by atoms with Crippen LogP contribution in [0.4, 0.5) is 11.8 Å². The van der Waals surface area contributed by atoms with Crippen molar-refractivity contribution in [3.8, 4) is 39.3 Å². The Morgan fingerprint density at radius 3 is 2.53 bits per heavy atom. The molecule has 0 saturated heterocycles. The lowest BCUT2D eigenvalue weighted by Crippen LogP contribution is -2.26. The van der Waals surface area contributed by atoms with Crippen LogP contribution in [0.5, 0.6) is 11.2 Å². The Kier molecular flexibility index (Phi) is 7.67. The number of thiazole rings is 1. The molecule has 4 heterocycles. The van der Waals surface area contributed by atoms with Gasteiger partial charge in [-0.15, -0.1) is 0 Å². The number of nitrogens with one attached hydrogen (secondary N) is 1. The van der Waals surface area contributed by atoms with E-state index in [2.05, 4.69) is 30.2 Å². The van der Waals surface area contributed by atoms with Crippen LogP contribution in [-0.2, 0) is 0 Å². The maximum atomic E-state index is 14.4. The number of nitrogens with two attached hydrogens (primary N) is 1. The number of anilines is 2. The summed E-state index contributed by atoms with van der Waals surface area (Å²) in [7, 11) is 1.51. The minimum atomic E-state index is -0.386. The van der Waals surface area contributed by atoms with E-state index in [4.69, 9.17) is 15.2 Å². The van der Waals surface area contributed by atoms with Gasteiger partial charge < -0.3 is 20.5 Å². The molecule has 0 amide bonds. The average Bonchev–Trinajstić information content (AvgIpc) is 3.49. The molecule has 6 rings (SSSR count). The number of nitrogen functional groups attached to an aromatic ring is 1. The number of benzene rings is 2. The molecule has 216 valence electrons. The van der Waals surface area contributed by atoms with Crippen LogP contribution in [0.25, 0.3) is 38.8 Å². The zero-order chi connectivity index (χ0) is 29.9. The molecule has 6 aromatic rings. The maximum Gasteiger partial charge on any atom is 0.316 e. The predicted molar refractivity (Wildman–Crippen MR) is 168 cm³/mol. The Morgan fingerprint density at radius 2 is 1.79 bits per heavy atom. The maximum absolute atomic E-state index is 14.4. The van der Waals surface area contributed by atoms with Crippen LogP contribution in [0.3, 0.4) is 0 Å². The van der Waals surface area contributed by atoms with E-state index in [1.807, 2.05) is 73.8 Å². The molecule has 4 aromatic heterocycles. The van der Waals surface area contributed by atoms with Gasteiger partial charge in [0.05, 0.1) is 36.4 Å². The number of ether oxygens (including phenoxy) is 2. The second kappa shape index (κ2) is 11.9. The molecule has 2 aromatic carbocycles. The van der Waals surface area contributed by atoms with Crippen molar-refractivity contribution in [2.24, 2.45) is 0 Å². The van der Waals surface area contributed by atoms with E-state index in [1.165, 1.54) is 18.4 Å². The Balaban J connectivity index is 1.49. The molecule has 43 heavy (non-hydrogen) atoms. The van der Waals surface area contributed by atoms with Gasteiger partial charge in [0.15, 0.2) is 0 Å². The van der Waals surface area contributed by atoms with E-state index in [0.717, 1.165) is 22.3 Å². The van der Waals surface area contributed by atoms with Gasteiger partial charge in [0, 0.05) is 40.9 Å². The number of methoxy groups -OCH3 is 1. The predicted octanol–water partition coefficient (Wildman–Crippen LogP) is 5.52. The molecule has 0 saturated carbocycles. The van der Waals surface area contributed by atoms with Crippen LogP contribution in [0.15, 0.2) is 83.4 Å². The highest BCUT2D eigenvalue weighted by atomic mass is 32.1. The molecule has 12 heteroatoms. The van der Waals surface area contributed by atoms with Crippen LogP contribution in [0, 0.1) is 0 Å². The van der Waals surface area contributed by atoms with Crippen LogP contribution >= 0.6 is 11.3 Å². The number of rotatable bonds is 9. The van der Waals surface area contributed by atoms with Gasteiger partial charge in [-0.05, 0) is 43.0 Å². The molecule has 0 fully saturated rings. The number of pyridine rings is 1. The molecule has 0 bridgehead atoms. The Labute approximate surface area is 251 Å². The van der Waals surface area contributed by atoms with Crippen LogP contribution in [-0.4, -0.2) is 43.2 Å². The second-order valence-corrected chi connectivity index (χ2v) is 10.4. The lowest BCUT2D eigenvalue weighted by Gasteiger charge is -2.23. The summed E-state index contributed by atoms with van der Waals surface area (Å²) < 4.78 is 12.4. The van der Waals surface area contributed by atoms with E-state index in [1.54, 1.807) is 23.2 Å². The lowest BCUT2D eigenvalue weighted by atomic mass is 9.99. The van der Waals surface area contributed by atoms with Gasteiger partial charge >= 0.3 is 6.01 Å². The summed E-state index contributed by atoms with van der Waals surface area (Å²) in [5.41, 5.74) is 10.0. The minimum Gasteiger partial charge on any atom is -0.470 e. The first-order chi connectivity index (χ1) is 21.0. The minimum absolute atomic E-state index is 0.115. The molecule has 0 spiro atoms. The third-order valence-electron chi connectivity index (χ3n) is 6.84. The van der Waals surface area contributed by atoms with Gasteiger partial charge in [-0.3, -0.25) is 9.36 Å². The molecule has 0 aliphatic carbocycles. The largest absolute Gasteiger partial charge is 0.470 e. The van der Waals surface area contributed by atoms with Crippen molar-refractivity contribution in [1.82, 2.24) is 29.5 Å². The fraction of sp³-hybridized carbons (Fsp3) is 0.161. The number of nitrogens with zero attached hydrogens (tertiary/aromatic N) is 6. The fourth-order valence-corrected chi connectivity index (χ4v) is 5.62. The first-order valence-electron chi connectivity index (χ1n) is 13.5. The second-order valence-electron chi connectivity index (χ2n) is 9.56. The molecular weight excluding hydrogens is 564 g/mol. The Hall–Kier alpha value is -5.36. The third kappa shape index (κ3) is 5.47. The first kappa shape index (κ1) is 27.8. The average molecular weight is 593 g/mol. The monoisotopic (exact) mass is 592 g/mol. The lowest BCUT2D eigenvalue weighted by molar-refractivity contribution is 0.338. The van der Waals surface area contributed by atoms with Crippen LogP contribution in [0.2, 0.25) is 0 Å². The van der Waals surface area contributed by atoms with E-state index in [-0.39, 0.29) is 23.6 Å². The molecule has 0 aliphatic rings. The van der Waals surface area contributed by atoms with E-state index in [0.29, 0.717) is 39.8 Å². The highest BCUT2D eigenvalue weighted by molar-refractivity contribution is 7.11. The van der Waals surface area contributed by atoms with Gasteiger partial charge in [0.1, 0.15) is 5.82 Å². The molecule has 3 N–H and O–H groups in total. The highest BCUT2D eigenvalue weighted by Gasteiger charge is 2.21. The highest BCUT2D eigenvalue weighted by Crippen LogP contribution is 2.34. The number of fused-ring (bicyclic) bond motifs is 1. The van der Waals surface area contributed by atoms with Gasteiger partial charge in [0.25, 0.3) is 10.8 Å². The van der Waals surface area contributed by atoms with Crippen molar-refractivity contribution in [3.63, 3.8) is 0 Å². The van der Waals surface area contributed by atoms with Crippen LogP contribution < -0.4 is 26.1 Å². The standard InChI is InChI=1S/C31H28N8O3S/c1-4-42-31-37-24(17-43-31)23-16-33-29(32)38-27(23)36-18(2)25-13-19-9-8-12-22(20-14-34-30(41-3)35-15-20)26(19)28(40)39(25)21-10-6-5-7-11-21/h5-18H,4H2,1-3H3,(H3,32,33,36,38). The summed E-state index contributed by atoms with van der Waals surface area (Å²) in [6, 6.07) is 17.1. The summed E-state index contributed by atoms with van der Waals surface area (Å²) in [6.45, 7) is 4.39. The number of hydrogen-bond donors (Lipinski definition) is 2. The van der Waals surface area contributed by atoms with E-state index >= 15 is 0 Å². The van der Waals surface area contributed by atoms with Gasteiger partial charge in [-0.2, -0.15) is 4.98 Å². The van der Waals surface area contributed by atoms with Crippen LogP contribution in [0.1, 0.15) is 25.6 Å². The number of aromatic nitrogens is 6. The molecule has 1 atom stereocenters. The third-order valence-corrected chi connectivity index (χ3v) is 7.59. The quantitative estimate of drug-likeness (QED) is 0.220. The molecule has 1 unspecified atom stereocenters. The van der Waals surface area contributed by atoms with Crippen molar-refractivity contribution in [2.75, 3.05) is 24.8 Å². The first-order valence-corrected chi connectivity index (χ1v) is 14.4. The van der Waals surface area contributed by atoms with Crippen molar-refractivity contribution < 1.29 is 9.47 Å². The zero-order valence-corrected chi connectivity index (χ0v) is 24.5. The zero-order valence-electron chi connectivity index (χ0n) is 23.7. The fourth-order valence-electron chi connectivity index (χ4n) is 4.89. The van der Waals surface area contributed by atoms with Crippen molar-refractivity contribution in [1.29, 1.82) is 0 Å². The van der Waals surface area contributed by atoms with Gasteiger partial charge in [-0.25, -0.2) is 19.9 Å². The SMILES string of the molecule is CCOc1nc(-c2cnc(N)nc2NC(C)c2cc3cccc(-c4cnc(OC)nc4)c3c(=O)n2-c2ccccc2)cs1. The topological polar surface area (TPSA) is 143 Å². The van der Waals surface area contributed by atoms with Gasteiger partial charge in [0.2, 0.25) is 5.95 Å². The summed E-state index contributed by atoms with van der Waals surface area (Å²) in [5, 5.41) is 7.23. The molecular formula is C31H28N8O3S. The summed E-state index contributed by atoms with van der Waals surface area (Å²) >= 11 is 1.39. The molecule has 11 nitrogen and oxygen atoms in total. The molecule has 0 radical (unpaired) electrons. The van der Waals surface area contributed by atoms with E-state index < -0.39 is 0 Å². The number of hydrogen-bond acceptors (Lipinski definition) is 11. The number of para-hydroxylation sites is 1. The van der Waals surface area contributed by atoms with Crippen molar-refractivity contribution in [2.45, 2.75) is 19.9 Å². The van der Waals surface area contributed by atoms with Crippen molar-refractivity contribution in [3.05, 3.63) is 94.6 Å². The van der Waals surface area contributed by atoms with Gasteiger partial charge in [-0.1, -0.05) is 47.7 Å². The Bertz CT molecular complexity index is 1960. The van der Waals surface area contributed by atoms with Crippen molar-refractivity contribution >= 4 is 33.9 Å². The summed E-state index contributed by atoms with van der Waals surface area (Å²) in [6.07, 6.45) is 4.94. The normalized spacial score (nSPS) is 11.8. The smallest absolute Gasteiger partial charge is 0.316 e. The molecule has 0 aliphatic heterocycles. The van der Waals surface area contributed by atoms with E-state index in [9.17, 15) is 4.79 Å². The Morgan fingerprint density at radius 1 is 1.00 bits per heavy atom. The summed E-state index contributed by atoms with van der Waals surface area (Å²) in [5.74, 6) is 0.605. The summed E-state index contributed by atoms with van der Waals surface area (Å²) in [4.78, 5) is 36.2.